The summed E-state index contributed by atoms with van der Waals surface area (Å²) in [6.07, 6.45) is 4.49. The molecule has 1 fully saturated rings. The van der Waals surface area contributed by atoms with E-state index in [0.717, 1.165) is 44.5 Å². The SMILES string of the molecule is CCC1(CC)CC(NCc2scnc2C)CCO1. The Bertz CT molecular complexity index is 374. The van der Waals surface area contributed by atoms with Gasteiger partial charge in [-0.15, -0.1) is 11.3 Å². The predicted molar refractivity (Wildman–Crippen MR) is 76.0 cm³/mol. The monoisotopic (exact) mass is 268 g/mol. The summed E-state index contributed by atoms with van der Waals surface area (Å²) < 4.78 is 6.01. The Labute approximate surface area is 114 Å². The van der Waals surface area contributed by atoms with Crippen molar-refractivity contribution in [2.24, 2.45) is 0 Å². The molecular weight excluding hydrogens is 244 g/mol. The highest BCUT2D eigenvalue weighted by atomic mass is 32.1. The Morgan fingerprint density at radius 2 is 2.28 bits per heavy atom. The lowest BCUT2D eigenvalue weighted by molar-refractivity contribution is -0.0931. The van der Waals surface area contributed by atoms with Gasteiger partial charge in [-0.3, -0.25) is 0 Å². The summed E-state index contributed by atoms with van der Waals surface area (Å²) in [5.74, 6) is 0. The second-order valence-electron chi connectivity index (χ2n) is 5.17. The summed E-state index contributed by atoms with van der Waals surface area (Å²) in [6.45, 7) is 8.39. The van der Waals surface area contributed by atoms with Gasteiger partial charge < -0.3 is 10.1 Å². The average molecular weight is 268 g/mol. The number of hydrogen-bond acceptors (Lipinski definition) is 4. The van der Waals surface area contributed by atoms with Crippen molar-refractivity contribution < 1.29 is 4.74 Å². The first-order valence-corrected chi connectivity index (χ1v) is 7.83. The van der Waals surface area contributed by atoms with E-state index in [4.69, 9.17) is 4.74 Å². The number of hydrogen-bond donors (Lipinski definition) is 1. The molecule has 1 aromatic rings. The topological polar surface area (TPSA) is 34.2 Å². The van der Waals surface area contributed by atoms with Crippen LogP contribution in [0.2, 0.25) is 0 Å². The van der Waals surface area contributed by atoms with E-state index in [1.54, 1.807) is 11.3 Å². The van der Waals surface area contributed by atoms with Crippen LogP contribution in [0, 0.1) is 6.92 Å². The molecule has 102 valence electrons. The van der Waals surface area contributed by atoms with Crippen LogP contribution in [0.1, 0.15) is 50.1 Å². The molecular formula is C14H24N2OS. The van der Waals surface area contributed by atoms with Crippen molar-refractivity contribution >= 4 is 11.3 Å². The van der Waals surface area contributed by atoms with Gasteiger partial charge >= 0.3 is 0 Å². The summed E-state index contributed by atoms with van der Waals surface area (Å²) >= 11 is 1.74. The highest BCUT2D eigenvalue weighted by Gasteiger charge is 2.34. The van der Waals surface area contributed by atoms with Crippen molar-refractivity contribution in [1.82, 2.24) is 10.3 Å². The van der Waals surface area contributed by atoms with Crippen LogP contribution < -0.4 is 5.32 Å². The maximum atomic E-state index is 6.01. The van der Waals surface area contributed by atoms with E-state index in [1.165, 1.54) is 4.88 Å². The summed E-state index contributed by atoms with van der Waals surface area (Å²) in [4.78, 5) is 5.66. The van der Waals surface area contributed by atoms with Crippen molar-refractivity contribution in [3.63, 3.8) is 0 Å². The van der Waals surface area contributed by atoms with Gasteiger partial charge in [0.2, 0.25) is 0 Å². The van der Waals surface area contributed by atoms with E-state index in [-0.39, 0.29) is 5.60 Å². The molecule has 1 aliphatic rings. The van der Waals surface area contributed by atoms with Gasteiger partial charge in [0.1, 0.15) is 0 Å². The smallest absolute Gasteiger partial charge is 0.0798 e. The Balaban J connectivity index is 1.88. The Kier molecular flexibility index (Phi) is 4.76. The molecule has 0 amide bonds. The Morgan fingerprint density at radius 1 is 1.50 bits per heavy atom. The maximum Gasteiger partial charge on any atom is 0.0798 e. The van der Waals surface area contributed by atoms with E-state index in [2.05, 4.69) is 31.1 Å². The predicted octanol–water partition coefficient (Wildman–Crippen LogP) is 3.28. The fourth-order valence-corrected chi connectivity index (χ4v) is 3.41. The zero-order valence-corrected chi connectivity index (χ0v) is 12.5. The normalized spacial score (nSPS) is 23.2. The van der Waals surface area contributed by atoms with Crippen LogP contribution >= 0.6 is 11.3 Å². The van der Waals surface area contributed by atoms with Crippen molar-refractivity contribution in [3.8, 4) is 0 Å². The van der Waals surface area contributed by atoms with Crippen LogP contribution in [0.5, 0.6) is 0 Å². The Morgan fingerprint density at radius 3 is 2.89 bits per heavy atom. The summed E-state index contributed by atoms with van der Waals surface area (Å²) in [5, 5.41) is 3.68. The molecule has 1 N–H and O–H groups in total. The number of aromatic nitrogens is 1. The van der Waals surface area contributed by atoms with Gasteiger partial charge in [0, 0.05) is 24.1 Å². The molecule has 1 atom stereocenters. The number of nitrogens with one attached hydrogen (secondary N) is 1. The molecule has 0 aromatic carbocycles. The minimum absolute atomic E-state index is 0.110. The van der Waals surface area contributed by atoms with E-state index >= 15 is 0 Å². The second kappa shape index (κ2) is 6.13. The minimum atomic E-state index is 0.110. The van der Waals surface area contributed by atoms with Gasteiger partial charge in [0.25, 0.3) is 0 Å². The standard InChI is InChI=1S/C14H24N2OS/c1-4-14(5-2)8-12(6-7-17-14)15-9-13-11(3)16-10-18-13/h10,12,15H,4-9H2,1-3H3. The summed E-state index contributed by atoms with van der Waals surface area (Å²) in [7, 11) is 0. The molecule has 0 radical (unpaired) electrons. The lowest BCUT2D eigenvalue weighted by Crippen LogP contribution is -2.46. The first kappa shape index (κ1) is 14.0. The maximum absolute atomic E-state index is 6.01. The fraction of sp³-hybridized carbons (Fsp3) is 0.786. The molecule has 0 saturated carbocycles. The van der Waals surface area contributed by atoms with Crippen molar-refractivity contribution in [2.45, 2.75) is 64.6 Å². The van der Waals surface area contributed by atoms with Crippen LogP contribution in [-0.4, -0.2) is 23.2 Å². The molecule has 1 aromatic heterocycles. The molecule has 1 aliphatic heterocycles. The van der Waals surface area contributed by atoms with E-state index < -0.39 is 0 Å². The fourth-order valence-electron chi connectivity index (χ4n) is 2.68. The van der Waals surface area contributed by atoms with E-state index in [1.807, 2.05) is 5.51 Å². The Hall–Kier alpha value is -0.450. The number of aryl methyl sites for hydroxylation is 1. The average Bonchev–Trinajstić information content (AvgIpc) is 2.82. The third kappa shape index (κ3) is 3.11. The first-order chi connectivity index (χ1) is 8.69. The summed E-state index contributed by atoms with van der Waals surface area (Å²) in [6, 6.07) is 0.583. The number of rotatable bonds is 5. The molecule has 2 rings (SSSR count). The minimum Gasteiger partial charge on any atom is -0.375 e. The molecule has 2 heterocycles. The molecule has 0 bridgehead atoms. The highest BCUT2D eigenvalue weighted by Crippen LogP contribution is 2.31. The second-order valence-corrected chi connectivity index (χ2v) is 6.11. The van der Waals surface area contributed by atoms with Crippen LogP contribution in [-0.2, 0) is 11.3 Å². The molecule has 0 spiro atoms. The molecule has 1 saturated heterocycles. The van der Waals surface area contributed by atoms with Gasteiger partial charge in [-0.2, -0.15) is 0 Å². The lowest BCUT2D eigenvalue weighted by atomic mass is 9.86. The lowest BCUT2D eigenvalue weighted by Gasteiger charge is -2.40. The van der Waals surface area contributed by atoms with Gasteiger partial charge in [-0.05, 0) is 32.6 Å². The summed E-state index contributed by atoms with van der Waals surface area (Å²) in [5.41, 5.74) is 3.20. The number of thiazole rings is 1. The first-order valence-electron chi connectivity index (χ1n) is 6.95. The van der Waals surface area contributed by atoms with Crippen LogP contribution in [0.4, 0.5) is 0 Å². The zero-order chi connectivity index (χ0) is 13.0. The number of ether oxygens (including phenoxy) is 1. The van der Waals surface area contributed by atoms with Crippen LogP contribution in [0.25, 0.3) is 0 Å². The molecule has 1 unspecified atom stereocenters. The third-order valence-electron chi connectivity index (χ3n) is 4.18. The van der Waals surface area contributed by atoms with Crippen molar-refractivity contribution in [2.75, 3.05) is 6.61 Å². The van der Waals surface area contributed by atoms with Gasteiger partial charge in [-0.25, -0.2) is 4.98 Å². The van der Waals surface area contributed by atoms with Crippen molar-refractivity contribution in [3.05, 3.63) is 16.1 Å². The zero-order valence-electron chi connectivity index (χ0n) is 11.7. The van der Waals surface area contributed by atoms with Gasteiger partial charge in [0.05, 0.1) is 16.8 Å². The molecule has 18 heavy (non-hydrogen) atoms. The van der Waals surface area contributed by atoms with Crippen LogP contribution in [0.3, 0.4) is 0 Å². The molecule has 0 aliphatic carbocycles. The largest absolute Gasteiger partial charge is 0.375 e. The third-order valence-corrected chi connectivity index (χ3v) is 5.11. The van der Waals surface area contributed by atoms with Crippen LogP contribution in [0.15, 0.2) is 5.51 Å². The molecule has 4 heteroatoms. The highest BCUT2D eigenvalue weighted by molar-refractivity contribution is 7.09. The van der Waals surface area contributed by atoms with Crippen molar-refractivity contribution in [1.29, 1.82) is 0 Å². The van der Waals surface area contributed by atoms with Gasteiger partial charge in [0.15, 0.2) is 0 Å². The number of nitrogens with zero attached hydrogens (tertiary/aromatic N) is 1. The van der Waals surface area contributed by atoms with Gasteiger partial charge in [-0.1, -0.05) is 13.8 Å². The quantitative estimate of drug-likeness (QED) is 0.890. The molecule has 3 nitrogen and oxygen atoms in total. The van der Waals surface area contributed by atoms with E-state index in [9.17, 15) is 0 Å². The van der Waals surface area contributed by atoms with E-state index in [0.29, 0.717) is 6.04 Å².